The number of carboxylic acids is 1. The zero-order valence-electron chi connectivity index (χ0n) is 23.1. The lowest BCUT2D eigenvalue weighted by Crippen LogP contribution is -2.46. The van der Waals surface area contributed by atoms with E-state index >= 15 is 0 Å². The molecule has 2 atom stereocenters. The number of aromatic nitrogens is 1. The number of halogens is 1. The lowest BCUT2D eigenvalue weighted by Gasteiger charge is -2.30. The summed E-state index contributed by atoms with van der Waals surface area (Å²) >= 11 is 0. The van der Waals surface area contributed by atoms with Crippen LogP contribution in [0.1, 0.15) is 83.9 Å². The van der Waals surface area contributed by atoms with Crippen LogP contribution >= 0.6 is 0 Å². The van der Waals surface area contributed by atoms with Crippen molar-refractivity contribution < 1.29 is 24.2 Å². The van der Waals surface area contributed by atoms with E-state index in [1.807, 2.05) is 18.7 Å². The number of nitrogens with one attached hydrogen (secondary N) is 2. The molecule has 1 amide bonds. The summed E-state index contributed by atoms with van der Waals surface area (Å²) in [6.45, 7) is 8.71. The maximum Gasteiger partial charge on any atom is 0.326 e. The summed E-state index contributed by atoms with van der Waals surface area (Å²) in [5, 5.41) is 25.8. The van der Waals surface area contributed by atoms with E-state index in [-0.39, 0.29) is 24.8 Å². The predicted octanol–water partition coefficient (Wildman–Crippen LogP) is 3.96. The summed E-state index contributed by atoms with van der Waals surface area (Å²) in [4.78, 5) is 30.8. The van der Waals surface area contributed by atoms with Crippen LogP contribution in [0.25, 0.3) is 0 Å². The number of pyridine rings is 1. The summed E-state index contributed by atoms with van der Waals surface area (Å²) < 4.78 is 14.7. The second-order valence-electron chi connectivity index (χ2n) is 10.9. The Morgan fingerprint density at radius 1 is 1.22 bits per heavy atom. The van der Waals surface area contributed by atoms with Crippen molar-refractivity contribution in [3.63, 3.8) is 0 Å². The normalized spacial score (nSPS) is 15.2. The zero-order chi connectivity index (χ0) is 27.4. The first-order valence-electron chi connectivity index (χ1n) is 13.9. The number of carbonyl (C=O) groups excluding carboxylic acids is 1. The first-order valence-corrected chi connectivity index (χ1v) is 13.9. The minimum absolute atomic E-state index is 0.00144. The molecule has 4 N–H and O–H groups in total. The lowest BCUT2D eigenvalue weighted by atomic mass is 9.99. The number of fused-ring (bicyclic) bond motifs is 1. The van der Waals surface area contributed by atoms with Crippen LogP contribution in [-0.2, 0) is 22.4 Å². The third-order valence-corrected chi connectivity index (χ3v) is 7.29. The standard InChI is InChI=1S/C28H47FN4O4/c1-5-20(6-2)18-25(34)32-23(27(35)36)14-17-33(19-24(29)28(3,4)37)16-8-7-11-22-13-12-21-10-9-15-30-26(21)31-22/h12-13,20,23-24,37H,5-11,14-19H2,1-4H3,(H,30,31)(H,32,34)(H,35,36). The molecule has 1 aliphatic rings. The van der Waals surface area contributed by atoms with Crippen LogP contribution in [0.15, 0.2) is 12.1 Å². The van der Waals surface area contributed by atoms with Gasteiger partial charge in [-0.05, 0) is 76.5 Å². The number of nitrogens with zero attached hydrogens (tertiary/aromatic N) is 2. The van der Waals surface area contributed by atoms with E-state index in [1.54, 1.807) is 0 Å². The number of hydrogen-bond acceptors (Lipinski definition) is 6. The van der Waals surface area contributed by atoms with Crippen molar-refractivity contribution in [2.45, 2.75) is 103 Å². The number of aliphatic hydroxyl groups is 1. The third-order valence-electron chi connectivity index (χ3n) is 7.29. The fourth-order valence-corrected chi connectivity index (χ4v) is 4.56. The number of aliphatic carboxylic acids is 1. The van der Waals surface area contributed by atoms with Gasteiger partial charge in [0.05, 0.1) is 5.60 Å². The van der Waals surface area contributed by atoms with Gasteiger partial charge in [0.2, 0.25) is 5.91 Å². The largest absolute Gasteiger partial charge is 0.480 e. The fourth-order valence-electron chi connectivity index (χ4n) is 4.56. The smallest absolute Gasteiger partial charge is 0.326 e. The van der Waals surface area contributed by atoms with Crippen LogP contribution in [0.2, 0.25) is 0 Å². The van der Waals surface area contributed by atoms with Crippen molar-refractivity contribution in [3.8, 4) is 0 Å². The van der Waals surface area contributed by atoms with Gasteiger partial charge in [-0.1, -0.05) is 32.8 Å². The van der Waals surface area contributed by atoms with Crippen LogP contribution < -0.4 is 10.6 Å². The summed E-state index contributed by atoms with van der Waals surface area (Å²) in [6, 6.07) is 3.17. The first-order chi connectivity index (χ1) is 17.5. The average molecular weight is 523 g/mol. The Morgan fingerprint density at radius 3 is 2.59 bits per heavy atom. The molecule has 1 aliphatic heterocycles. The topological polar surface area (TPSA) is 115 Å². The average Bonchev–Trinajstić information content (AvgIpc) is 2.86. The van der Waals surface area contributed by atoms with E-state index in [9.17, 15) is 24.2 Å². The van der Waals surface area contributed by atoms with Crippen LogP contribution in [0, 0.1) is 5.92 Å². The number of carbonyl (C=O) groups is 2. The van der Waals surface area contributed by atoms with Crippen LogP contribution in [0.3, 0.4) is 0 Å². The Kier molecular flexibility index (Phi) is 12.7. The van der Waals surface area contributed by atoms with Gasteiger partial charge in [-0.2, -0.15) is 0 Å². The SMILES string of the molecule is CCC(CC)CC(=O)NC(CCN(CCCCc1ccc2c(n1)NCCC2)CC(F)C(C)(C)O)C(=O)O. The Hall–Kier alpha value is -2.26. The highest BCUT2D eigenvalue weighted by molar-refractivity contribution is 5.83. The number of rotatable bonds is 17. The van der Waals surface area contributed by atoms with Crippen molar-refractivity contribution >= 4 is 17.7 Å². The first kappa shape index (κ1) is 31.0. The molecule has 1 aromatic heterocycles. The maximum atomic E-state index is 14.7. The van der Waals surface area contributed by atoms with Gasteiger partial charge in [0.15, 0.2) is 0 Å². The summed E-state index contributed by atoms with van der Waals surface area (Å²) in [7, 11) is 0. The molecule has 210 valence electrons. The van der Waals surface area contributed by atoms with E-state index in [1.165, 1.54) is 19.4 Å². The van der Waals surface area contributed by atoms with Gasteiger partial charge in [-0.15, -0.1) is 0 Å². The van der Waals surface area contributed by atoms with E-state index in [0.29, 0.717) is 19.5 Å². The second kappa shape index (κ2) is 15.2. The number of unbranched alkanes of at least 4 members (excludes halogenated alkanes) is 1. The second-order valence-corrected chi connectivity index (χ2v) is 10.9. The molecule has 0 spiro atoms. The van der Waals surface area contributed by atoms with Gasteiger partial charge in [0.1, 0.15) is 18.0 Å². The molecular formula is C28H47FN4O4. The van der Waals surface area contributed by atoms with Crippen molar-refractivity contribution in [1.82, 2.24) is 15.2 Å². The number of hydrogen-bond donors (Lipinski definition) is 4. The molecule has 0 radical (unpaired) electrons. The molecule has 0 aromatic carbocycles. The molecular weight excluding hydrogens is 475 g/mol. The van der Waals surface area contributed by atoms with Crippen molar-refractivity contribution in [2.24, 2.45) is 5.92 Å². The van der Waals surface area contributed by atoms with E-state index < -0.39 is 23.8 Å². The van der Waals surface area contributed by atoms with Crippen molar-refractivity contribution in [3.05, 3.63) is 23.4 Å². The van der Waals surface area contributed by atoms with Gasteiger partial charge in [0, 0.05) is 31.7 Å². The molecule has 2 heterocycles. The Bertz CT molecular complexity index is 857. The summed E-state index contributed by atoms with van der Waals surface area (Å²) in [6.07, 6.45) is 5.33. The molecule has 1 aromatic rings. The number of carboxylic acid groups (broad SMARTS) is 1. The zero-order valence-corrected chi connectivity index (χ0v) is 23.1. The quantitative estimate of drug-likeness (QED) is 0.229. The van der Waals surface area contributed by atoms with Gasteiger partial charge in [-0.25, -0.2) is 14.2 Å². The highest BCUT2D eigenvalue weighted by Gasteiger charge is 2.29. The number of anilines is 1. The molecule has 8 nitrogen and oxygen atoms in total. The van der Waals surface area contributed by atoms with Crippen LogP contribution in [0.4, 0.5) is 10.2 Å². The molecule has 2 unspecified atom stereocenters. The van der Waals surface area contributed by atoms with E-state index in [4.69, 9.17) is 4.98 Å². The molecule has 37 heavy (non-hydrogen) atoms. The minimum atomic E-state index is -1.49. The summed E-state index contributed by atoms with van der Waals surface area (Å²) in [5.74, 6) is -0.157. The van der Waals surface area contributed by atoms with Gasteiger partial charge < -0.3 is 25.7 Å². The predicted molar refractivity (Wildman–Crippen MR) is 144 cm³/mol. The maximum absolute atomic E-state index is 14.7. The molecule has 2 rings (SSSR count). The fraction of sp³-hybridized carbons (Fsp3) is 0.750. The highest BCUT2D eigenvalue weighted by Crippen LogP contribution is 2.21. The number of alkyl halides is 1. The van der Waals surface area contributed by atoms with Crippen molar-refractivity contribution in [1.29, 1.82) is 0 Å². The van der Waals surface area contributed by atoms with Gasteiger partial charge in [-0.3, -0.25) is 4.79 Å². The van der Waals surface area contributed by atoms with Crippen LogP contribution in [-0.4, -0.2) is 76.0 Å². The Balaban J connectivity index is 1.91. The van der Waals surface area contributed by atoms with Gasteiger partial charge in [0.25, 0.3) is 0 Å². The summed E-state index contributed by atoms with van der Waals surface area (Å²) in [5.41, 5.74) is 0.779. The third kappa shape index (κ3) is 10.9. The van der Waals surface area contributed by atoms with Crippen LogP contribution in [0.5, 0.6) is 0 Å². The number of aryl methyl sites for hydroxylation is 2. The van der Waals surface area contributed by atoms with E-state index in [2.05, 4.69) is 22.8 Å². The monoisotopic (exact) mass is 522 g/mol. The highest BCUT2D eigenvalue weighted by atomic mass is 19.1. The Labute approximate surface area is 221 Å². The Morgan fingerprint density at radius 2 is 1.95 bits per heavy atom. The molecule has 9 heteroatoms. The molecule has 0 fully saturated rings. The van der Waals surface area contributed by atoms with Gasteiger partial charge >= 0.3 is 5.97 Å². The molecule has 0 saturated carbocycles. The lowest BCUT2D eigenvalue weighted by molar-refractivity contribution is -0.142. The van der Waals surface area contributed by atoms with Crippen molar-refractivity contribution in [2.75, 3.05) is 31.5 Å². The molecule has 0 aliphatic carbocycles. The number of amides is 1. The van der Waals surface area contributed by atoms with E-state index in [0.717, 1.165) is 63.0 Å². The molecule has 0 bridgehead atoms. The molecule has 0 saturated heterocycles. The minimum Gasteiger partial charge on any atom is -0.480 e.